The summed E-state index contributed by atoms with van der Waals surface area (Å²) in [6.07, 6.45) is 0.768. The van der Waals surface area contributed by atoms with Crippen molar-refractivity contribution in [2.24, 2.45) is 0 Å². The Balaban J connectivity index is 0.00000204. The predicted molar refractivity (Wildman–Crippen MR) is 146 cm³/mol. The third kappa shape index (κ3) is 6.67. The summed E-state index contributed by atoms with van der Waals surface area (Å²) >= 11 is 0. The van der Waals surface area contributed by atoms with E-state index in [1.165, 1.54) is 0 Å². The van der Waals surface area contributed by atoms with Gasteiger partial charge < -0.3 is 10.2 Å². The summed E-state index contributed by atoms with van der Waals surface area (Å²) in [7, 11) is 4.10. The fraction of sp³-hybridized carbons (Fsp3) is 0.143. The smallest absolute Gasteiger partial charge is 0.255 e. The number of nitrogens with one attached hydrogen (secondary N) is 1. The van der Waals surface area contributed by atoms with E-state index in [4.69, 9.17) is 4.98 Å². The van der Waals surface area contributed by atoms with E-state index in [9.17, 15) is 4.79 Å². The molecule has 0 fully saturated rings. The Kier molecular flexibility index (Phi) is 10.3. The van der Waals surface area contributed by atoms with Crippen LogP contribution in [0.3, 0.4) is 0 Å². The van der Waals surface area contributed by atoms with Crippen LogP contribution in [0.25, 0.3) is 22.5 Å². The first-order valence-electron chi connectivity index (χ1n) is 10.8. The first-order chi connectivity index (χ1) is 15.6. The van der Waals surface area contributed by atoms with Crippen LogP contribution in [-0.2, 0) is 6.42 Å². The van der Waals surface area contributed by atoms with Gasteiger partial charge in [0.2, 0.25) is 0 Å². The molecule has 4 rings (SSSR count). The molecule has 0 saturated carbocycles. The van der Waals surface area contributed by atoms with Crippen molar-refractivity contribution in [3.05, 3.63) is 108 Å². The van der Waals surface area contributed by atoms with E-state index in [1.54, 1.807) is 0 Å². The van der Waals surface area contributed by atoms with Crippen molar-refractivity contribution in [3.63, 3.8) is 0 Å². The second-order valence-electron chi connectivity index (χ2n) is 7.99. The van der Waals surface area contributed by atoms with Gasteiger partial charge in [0.15, 0.2) is 0 Å². The molecule has 34 heavy (non-hydrogen) atoms. The topological polar surface area (TPSA) is 45.2 Å². The minimum atomic E-state index is -0.124. The quantitative estimate of drug-likeness (QED) is 0.314. The molecule has 3 aromatic carbocycles. The molecule has 1 N–H and O–H groups in total. The van der Waals surface area contributed by atoms with Crippen LogP contribution in [0.1, 0.15) is 15.9 Å². The van der Waals surface area contributed by atoms with Gasteiger partial charge in [0.1, 0.15) is 0 Å². The number of carbonyl (C=O) groups excluding carboxylic acids is 1. The lowest BCUT2D eigenvalue weighted by atomic mass is 9.98. The second-order valence-corrected chi connectivity index (χ2v) is 7.99. The van der Waals surface area contributed by atoms with Crippen molar-refractivity contribution in [1.29, 1.82) is 0 Å². The molecule has 4 aromatic rings. The maximum atomic E-state index is 13.1. The van der Waals surface area contributed by atoms with E-state index in [1.807, 2.05) is 84.9 Å². The van der Waals surface area contributed by atoms with Crippen molar-refractivity contribution < 1.29 is 4.79 Å². The number of rotatable bonds is 7. The molecular formula is C28H29Cl2N3O. The van der Waals surface area contributed by atoms with E-state index in [0.29, 0.717) is 5.56 Å². The van der Waals surface area contributed by atoms with Crippen LogP contribution in [0.15, 0.2) is 97.1 Å². The van der Waals surface area contributed by atoms with Crippen LogP contribution in [0.5, 0.6) is 0 Å². The van der Waals surface area contributed by atoms with Gasteiger partial charge in [-0.15, -0.1) is 24.8 Å². The highest BCUT2D eigenvalue weighted by molar-refractivity contribution is 6.05. The summed E-state index contributed by atoms with van der Waals surface area (Å²) in [6.45, 7) is 0.848. The van der Waals surface area contributed by atoms with Gasteiger partial charge in [0.25, 0.3) is 5.91 Å². The maximum Gasteiger partial charge on any atom is 0.255 e. The summed E-state index contributed by atoms with van der Waals surface area (Å²) in [5.74, 6) is -0.124. The van der Waals surface area contributed by atoms with Crippen LogP contribution >= 0.6 is 24.8 Å². The number of aromatic nitrogens is 1. The third-order valence-electron chi connectivity index (χ3n) is 5.33. The highest BCUT2D eigenvalue weighted by Crippen LogP contribution is 2.33. The molecule has 0 aliphatic rings. The third-order valence-corrected chi connectivity index (χ3v) is 5.33. The van der Waals surface area contributed by atoms with Crippen molar-refractivity contribution in [3.8, 4) is 22.5 Å². The number of benzene rings is 3. The highest BCUT2D eigenvalue weighted by atomic mass is 35.5. The Hall–Kier alpha value is -3.18. The number of hydrogen-bond acceptors (Lipinski definition) is 3. The van der Waals surface area contributed by atoms with Crippen LogP contribution in [0.4, 0.5) is 5.69 Å². The zero-order chi connectivity index (χ0) is 22.3. The molecule has 6 heteroatoms. The molecular weight excluding hydrogens is 465 g/mol. The summed E-state index contributed by atoms with van der Waals surface area (Å²) in [4.78, 5) is 20.3. The lowest BCUT2D eigenvalue weighted by molar-refractivity contribution is 0.102. The van der Waals surface area contributed by atoms with Crippen LogP contribution in [0.2, 0.25) is 0 Å². The predicted octanol–water partition coefficient (Wildman–Crippen LogP) is 6.62. The van der Waals surface area contributed by atoms with Crippen molar-refractivity contribution in [1.82, 2.24) is 9.88 Å². The zero-order valence-corrected chi connectivity index (χ0v) is 20.9. The first kappa shape index (κ1) is 27.1. The van der Waals surface area contributed by atoms with Crippen LogP contribution in [-0.4, -0.2) is 36.4 Å². The van der Waals surface area contributed by atoms with Gasteiger partial charge in [-0.3, -0.25) is 4.79 Å². The van der Waals surface area contributed by atoms with E-state index >= 15 is 0 Å². The molecule has 0 bridgehead atoms. The Bertz CT molecular complexity index is 1180. The van der Waals surface area contributed by atoms with E-state index < -0.39 is 0 Å². The average molecular weight is 494 g/mol. The van der Waals surface area contributed by atoms with Crippen LogP contribution < -0.4 is 5.32 Å². The molecule has 4 nitrogen and oxygen atoms in total. The number of pyridine rings is 1. The minimum absolute atomic E-state index is 0. The van der Waals surface area contributed by atoms with Gasteiger partial charge in [0.05, 0.1) is 11.4 Å². The molecule has 1 amide bonds. The minimum Gasteiger partial charge on any atom is -0.322 e. The molecule has 0 aliphatic heterocycles. The summed E-state index contributed by atoms with van der Waals surface area (Å²) < 4.78 is 0. The Morgan fingerprint density at radius 1 is 0.794 bits per heavy atom. The molecule has 0 unspecified atom stereocenters. The number of likely N-dealkylation sites (N-methyl/N-ethyl adjacent to an activating group) is 1. The standard InChI is InChI=1S/C28H27N3O.2ClH/c1-31(2)19-18-24-26(30-28(32)23-16-10-5-11-17-23)20-25(21-12-6-3-7-13-21)29-27(24)22-14-8-4-9-15-22;;/h3-17,20H,18-19H2,1-2H3,(H,29,30,32);2*1H. The highest BCUT2D eigenvalue weighted by Gasteiger charge is 2.18. The molecule has 0 atom stereocenters. The van der Waals surface area contributed by atoms with E-state index in [0.717, 1.165) is 46.7 Å². The summed E-state index contributed by atoms with van der Waals surface area (Å²) in [5.41, 5.74) is 6.25. The summed E-state index contributed by atoms with van der Waals surface area (Å²) in [6, 6.07) is 31.6. The zero-order valence-electron chi connectivity index (χ0n) is 19.3. The molecule has 0 spiro atoms. The van der Waals surface area contributed by atoms with Crippen molar-refractivity contribution in [2.75, 3.05) is 26.0 Å². The molecule has 176 valence electrons. The number of anilines is 1. The summed E-state index contributed by atoms with van der Waals surface area (Å²) in [5, 5.41) is 3.17. The molecule has 0 aliphatic carbocycles. The fourth-order valence-electron chi connectivity index (χ4n) is 3.65. The number of carbonyl (C=O) groups is 1. The SMILES string of the molecule is CN(C)CCc1c(NC(=O)c2ccccc2)cc(-c2ccccc2)nc1-c1ccccc1.Cl.Cl. The van der Waals surface area contributed by atoms with Gasteiger partial charge >= 0.3 is 0 Å². The van der Waals surface area contributed by atoms with Crippen molar-refractivity contribution in [2.45, 2.75) is 6.42 Å². The first-order valence-corrected chi connectivity index (χ1v) is 10.8. The number of amides is 1. The lowest BCUT2D eigenvalue weighted by Crippen LogP contribution is -2.19. The van der Waals surface area contributed by atoms with Gasteiger partial charge in [-0.05, 0) is 38.7 Å². The Labute approximate surface area is 213 Å². The van der Waals surface area contributed by atoms with Gasteiger partial charge in [0, 0.05) is 34.5 Å². The largest absolute Gasteiger partial charge is 0.322 e. The molecule has 1 aromatic heterocycles. The average Bonchev–Trinajstić information content (AvgIpc) is 2.84. The number of halogens is 2. The molecule has 0 saturated heterocycles. The van der Waals surface area contributed by atoms with E-state index in [2.05, 4.69) is 36.4 Å². The number of nitrogens with zero attached hydrogens (tertiary/aromatic N) is 2. The van der Waals surface area contributed by atoms with Gasteiger partial charge in [-0.1, -0.05) is 78.9 Å². The normalized spacial score (nSPS) is 10.2. The molecule has 1 heterocycles. The molecule has 0 radical (unpaired) electrons. The second kappa shape index (κ2) is 12.9. The Morgan fingerprint density at radius 2 is 1.32 bits per heavy atom. The van der Waals surface area contributed by atoms with Crippen molar-refractivity contribution >= 4 is 36.4 Å². The van der Waals surface area contributed by atoms with E-state index in [-0.39, 0.29) is 30.7 Å². The van der Waals surface area contributed by atoms with Gasteiger partial charge in [-0.25, -0.2) is 4.98 Å². The monoisotopic (exact) mass is 493 g/mol. The number of hydrogen-bond donors (Lipinski definition) is 1. The van der Waals surface area contributed by atoms with Crippen LogP contribution in [0, 0.1) is 0 Å². The fourth-order valence-corrected chi connectivity index (χ4v) is 3.65. The Morgan fingerprint density at radius 3 is 1.88 bits per heavy atom. The van der Waals surface area contributed by atoms with Gasteiger partial charge in [-0.2, -0.15) is 0 Å². The lowest BCUT2D eigenvalue weighted by Gasteiger charge is -2.19. The maximum absolute atomic E-state index is 13.1.